The average molecular weight is 193 g/mol. The van der Waals surface area contributed by atoms with Crippen LogP contribution in [-0.4, -0.2) is 6.04 Å². The molecule has 0 saturated carbocycles. The summed E-state index contributed by atoms with van der Waals surface area (Å²) in [6, 6.07) is 2.13. The standard InChI is InChI=1S/C11H15NS/c1-3-4-11(12)6-5-10-7-9(2)13-8-10/h7-8,11H,3-4,12H2,1-2H3. The zero-order chi connectivity index (χ0) is 9.68. The van der Waals surface area contributed by atoms with Crippen LogP contribution in [0.15, 0.2) is 11.4 Å². The van der Waals surface area contributed by atoms with E-state index in [1.807, 2.05) is 0 Å². The molecule has 13 heavy (non-hydrogen) atoms. The molecule has 0 saturated heterocycles. The van der Waals surface area contributed by atoms with Gasteiger partial charge in [0.25, 0.3) is 0 Å². The maximum Gasteiger partial charge on any atom is 0.0668 e. The Morgan fingerprint density at radius 2 is 2.38 bits per heavy atom. The van der Waals surface area contributed by atoms with Gasteiger partial charge in [-0.1, -0.05) is 25.2 Å². The van der Waals surface area contributed by atoms with Crippen molar-refractivity contribution in [3.8, 4) is 11.8 Å². The van der Waals surface area contributed by atoms with Gasteiger partial charge in [0.1, 0.15) is 0 Å². The third kappa shape index (κ3) is 3.63. The quantitative estimate of drug-likeness (QED) is 0.718. The second kappa shape index (κ2) is 5.06. The van der Waals surface area contributed by atoms with E-state index >= 15 is 0 Å². The van der Waals surface area contributed by atoms with Crippen LogP contribution in [-0.2, 0) is 0 Å². The van der Waals surface area contributed by atoms with E-state index in [1.54, 1.807) is 11.3 Å². The molecule has 1 atom stereocenters. The van der Waals surface area contributed by atoms with Crippen LogP contribution < -0.4 is 5.73 Å². The molecule has 1 rings (SSSR count). The zero-order valence-corrected chi connectivity index (χ0v) is 8.95. The summed E-state index contributed by atoms with van der Waals surface area (Å²) in [6.45, 7) is 4.21. The van der Waals surface area contributed by atoms with E-state index < -0.39 is 0 Å². The molecule has 2 heteroatoms. The van der Waals surface area contributed by atoms with E-state index in [9.17, 15) is 0 Å². The molecule has 0 bridgehead atoms. The molecule has 1 nitrogen and oxygen atoms in total. The first kappa shape index (κ1) is 10.3. The highest BCUT2D eigenvalue weighted by atomic mass is 32.1. The lowest BCUT2D eigenvalue weighted by Crippen LogP contribution is -2.16. The van der Waals surface area contributed by atoms with Crippen LogP contribution in [0.4, 0.5) is 0 Å². The fourth-order valence-corrected chi connectivity index (χ4v) is 1.70. The van der Waals surface area contributed by atoms with Crippen LogP contribution >= 0.6 is 11.3 Å². The molecular weight excluding hydrogens is 178 g/mol. The molecule has 1 heterocycles. The van der Waals surface area contributed by atoms with Crippen molar-refractivity contribution >= 4 is 11.3 Å². The summed E-state index contributed by atoms with van der Waals surface area (Å²) in [6.07, 6.45) is 2.08. The summed E-state index contributed by atoms with van der Waals surface area (Å²) < 4.78 is 0. The van der Waals surface area contributed by atoms with Crippen molar-refractivity contribution in [3.63, 3.8) is 0 Å². The Labute approximate surface area is 84.0 Å². The van der Waals surface area contributed by atoms with Gasteiger partial charge in [-0.15, -0.1) is 11.3 Å². The molecule has 1 aromatic rings. The zero-order valence-electron chi connectivity index (χ0n) is 8.13. The number of hydrogen-bond acceptors (Lipinski definition) is 2. The highest BCUT2D eigenvalue weighted by Gasteiger charge is 1.94. The summed E-state index contributed by atoms with van der Waals surface area (Å²) in [4.78, 5) is 1.30. The maximum absolute atomic E-state index is 5.77. The van der Waals surface area contributed by atoms with E-state index in [0.717, 1.165) is 18.4 Å². The van der Waals surface area contributed by atoms with Crippen LogP contribution in [0.3, 0.4) is 0 Å². The van der Waals surface area contributed by atoms with Crippen LogP contribution in [0.25, 0.3) is 0 Å². The summed E-state index contributed by atoms with van der Waals surface area (Å²) in [5.41, 5.74) is 6.86. The van der Waals surface area contributed by atoms with E-state index in [0.29, 0.717) is 0 Å². The van der Waals surface area contributed by atoms with Gasteiger partial charge in [-0.2, -0.15) is 0 Å². The van der Waals surface area contributed by atoms with Crippen molar-refractivity contribution in [2.45, 2.75) is 32.7 Å². The normalized spacial score (nSPS) is 11.9. The molecule has 0 aliphatic heterocycles. The Morgan fingerprint density at radius 1 is 1.62 bits per heavy atom. The Bertz CT molecular complexity index is 316. The third-order valence-corrected chi connectivity index (χ3v) is 2.59. The highest BCUT2D eigenvalue weighted by Crippen LogP contribution is 2.11. The number of nitrogens with two attached hydrogens (primary N) is 1. The van der Waals surface area contributed by atoms with Crippen LogP contribution in [0, 0.1) is 18.8 Å². The minimum Gasteiger partial charge on any atom is -0.318 e. The summed E-state index contributed by atoms with van der Waals surface area (Å²) >= 11 is 1.73. The molecule has 1 aromatic heterocycles. The summed E-state index contributed by atoms with van der Waals surface area (Å²) in [5, 5.41) is 2.07. The van der Waals surface area contributed by atoms with Crippen molar-refractivity contribution in [2.24, 2.45) is 5.73 Å². The minimum atomic E-state index is 0.0326. The van der Waals surface area contributed by atoms with Crippen molar-refractivity contribution < 1.29 is 0 Å². The van der Waals surface area contributed by atoms with Crippen molar-refractivity contribution in [2.75, 3.05) is 0 Å². The molecule has 2 N–H and O–H groups in total. The van der Waals surface area contributed by atoms with Crippen molar-refractivity contribution in [1.29, 1.82) is 0 Å². The van der Waals surface area contributed by atoms with Crippen LogP contribution in [0.1, 0.15) is 30.2 Å². The highest BCUT2D eigenvalue weighted by molar-refractivity contribution is 7.10. The van der Waals surface area contributed by atoms with Gasteiger partial charge in [0.05, 0.1) is 6.04 Å². The van der Waals surface area contributed by atoms with E-state index in [4.69, 9.17) is 5.73 Å². The van der Waals surface area contributed by atoms with E-state index in [2.05, 4.69) is 37.1 Å². The molecule has 0 spiro atoms. The van der Waals surface area contributed by atoms with Gasteiger partial charge < -0.3 is 5.73 Å². The SMILES string of the molecule is CCCC(N)C#Cc1csc(C)c1. The second-order valence-electron chi connectivity index (χ2n) is 3.11. The molecule has 1 unspecified atom stereocenters. The molecule has 0 fully saturated rings. The van der Waals surface area contributed by atoms with Crippen LogP contribution in [0.2, 0.25) is 0 Å². The smallest absolute Gasteiger partial charge is 0.0668 e. The van der Waals surface area contributed by atoms with Crippen molar-refractivity contribution in [1.82, 2.24) is 0 Å². The fourth-order valence-electron chi connectivity index (χ4n) is 1.07. The average Bonchev–Trinajstić information content (AvgIpc) is 2.49. The van der Waals surface area contributed by atoms with Gasteiger partial charge >= 0.3 is 0 Å². The van der Waals surface area contributed by atoms with Gasteiger partial charge in [0, 0.05) is 15.8 Å². The second-order valence-corrected chi connectivity index (χ2v) is 4.23. The molecular formula is C11H15NS. The Kier molecular flexibility index (Phi) is 4.01. The largest absolute Gasteiger partial charge is 0.318 e. The lowest BCUT2D eigenvalue weighted by atomic mass is 10.2. The number of thiophene rings is 1. The minimum absolute atomic E-state index is 0.0326. The molecule has 0 radical (unpaired) electrons. The fraction of sp³-hybridized carbons (Fsp3) is 0.455. The molecule has 0 aliphatic rings. The predicted molar refractivity (Wildman–Crippen MR) is 58.8 cm³/mol. The van der Waals surface area contributed by atoms with E-state index in [-0.39, 0.29) is 6.04 Å². The first-order valence-corrected chi connectivity index (χ1v) is 5.42. The van der Waals surface area contributed by atoms with Gasteiger partial charge in [0.15, 0.2) is 0 Å². The summed E-state index contributed by atoms with van der Waals surface area (Å²) in [7, 11) is 0. The van der Waals surface area contributed by atoms with Crippen LogP contribution in [0.5, 0.6) is 0 Å². The summed E-state index contributed by atoms with van der Waals surface area (Å²) in [5.74, 6) is 6.13. The molecule has 0 amide bonds. The van der Waals surface area contributed by atoms with Gasteiger partial charge in [-0.05, 0) is 19.4 Å². The first-order chi connectivity index (χ1) is 6.22. The van der Waals surface area contributed by atoms with E-state index in [1.165, 1.54) is 4.88 Å². The van der Waals surface area contributed by atoms with Gasteiger partial charge in [-0.3, -0.25) is 0 Å². The third-order valence-electron chi connectivity index (χ3n) is 1.73. The number of hydrogen-bond donors (Lipinski definition) is 1. The lowest BCUT2D eigenvalue weighted by Gasteiger charge is -1.97. The first-order valence-electron chi connectivity index (χ1n) is 4.54. The number of rotatable bonds is 2. The lowest BCUT2D eigenvalue weighted by molar-refractivity contribution is 0.720. The number of aryl methyl sites for hydroxylation is 1. The predicted octanol–water partition coefficient (Wildman–Crippen LogP) is 2.54. The molecule has 0 aliphatic carbocycles. The van der Waals surface area contributed by atoms with Gasteiger partial charge in [0.2, 0.25) is 0 Å². The molecule has 0 aromatic carbocycles. The van der Waals surface area contributed by atoms with Gasteiger partial charge in [-0.25, -0.2) is 0 Å². The Morgan fingerprint density at radius 3 is 2.92 bits per heavy atom. The van der Waals surface area contributed by atoms with Crippen molar-refractivity contribution in [3.05, 3.63) is 21.9 Å². The maximum atomic E-state index is 5.77. The monoisotopic (exact) mass is 193 g/mol. The Balaban J connectivity index is 2.56. The topological polar surface area (TPSA) is 26.0 Å². The molecule has 70 valence electrons. The Hall–Kier alpha value is -0.780.